The molecule has 1 saturated heterocycles. The number of allylic oxidation sites excluding steroid dienone is 3. The largest absolute Gasteiger partial charge is 0.312 e. The second kappa shape index (κ2) is 3.36. The van der Waals surface area contributed by atoms with Crippen LogP contribution >= 0.6 is 0 Å². The highest BCUT2D eigenvalue weighted by Gasteiger charge is 2.26. The number of carbonyl (C=O) groups is 1. The number of amides is 1. The summed E-state index contributed by atoms with van der Waals surface area (Å²) in [6.07, 6.45) is 8.38. The second-order valence-corrected chi connectivity index (χ2v) is 3.55. The van der Waals surface area contributed by atoms with Crippen molar-refractivity contribution in [3.05, 3.63) is 23.4 Å². The smallest absolute Gasteiger partial charge is 0.226 e. The van der Waals surface area contributed by atoms with Crippen molar-refractivity contribution in [1.29, 1.82) is 0 Å². The molecule has 2 rings (SSSR count). The highest BCUT2D eigenvalue weighted by molar-refractivity contribution is 5.79. The number of hydrogen-bond acceptors (Lipinski definition) is 1. The Morgan fingerprint density at radius 1 is 1.46 bits per heavy atom. The van der Waals surface area contributed by atoms with Crippen LogP contribution in [0.3, 0.4) is 0 Å². The number of fused-ring (bicyclic) bond motifs is 1. The zero-order chi connectivity index (χ0) is 9.26. The van der Waals surface area contributed by atoms with Gasteiger partial charge in [-0.1, -0.05) is 19.1 Å². The molecule has 2 heteroatoms. The van der Waals surface area contributed by atoms with E-state index in [1.807, 2.05) is 11.8 Å². The van der Waals surface area contributed by atoms with Gasteiger partial charge in [0.25, 0.3) is 0 Å². The summed E-state index contributed by atoms with van der Waals surface area (Å²) in [4.78, 5) is 13.5. The minimum atomic E-state index is 0.261. The van der Waals surface area contributed by atoms with E-state index >= 15 is 0 Å². The molecule has 0 aromatic rings. The van der Waals surface area contributed by atoms with Crippen LogP contribution in [0.4, 0.5) is 0 Å². The first kappa shape index (κ1) is 8.54. The van der Waals surface area contributed by atoms with E-state index < -0.39 is 0 Å². The zero-order valence-corrected chi connectivity index (χ0v) is 8.05. The Bertz CT molecular complexity index is 288. The molecule has 0 spiro atoms. The van der Waals surface area contributed by atoms with Crippen molar-refractivity contribution in [3.63, 3.8) is 0 Å². The summed E-state index contributed by atoms with van der Waals surface area (Å²) in [5.74, 6) is 0.261. The topological polar surface area (TPSA) is 20.3 Å². The first-order chi connectivity index (χ1) is 6.33. The van der Waals surface area contributed by atoms with Gasteiger partial charge in [-0.2, -0.15) is 0 Å². The molecule has 1 aliphatic heterocycles. The minimum Gasteiger partial charge on any atom is -0.312 e. The molecule has 0 unspecified atom stereocenters. The van der Waals surface area contributed by atoms with Crippen LogP contribution in [-0.4, -0.2) is 17.4 Å². The van der Waals surface area contributed by atoms with Crippen LogP contribution in [0.2, 0.25) is 0 Å². The first-order valence-corrected chi connectivity index (χ1v) is 5.03. The van der Waals surface area contributed by atoms with Crippen LogP contribution < -0.4 is 0 Å². The lowest BCUT2D eigenvalue weighted by atomic mass is 10.0. The third kappa shape index (κ3) is 1.41. The summed E-state index contributed by atoms with van der Waals surface area (Å²) >= 11 is 0. The Balaban J connectivity index is 2.21. The van der Waals surface area contributed by atoms with Crippen LogP contribution in [0.5, 0.6) is 0 Å². The van der Waals surface area contributed by atoms with Gasteiger partial charge in [-0.05, 0) is 24.8 Å². The first-order valence-electron chi connectivity index (χ1n) is 5.03. The van der Waals surface area contributed by atoms with Crippen molar-refractivity contribution in [1.82, 2.24) is 4.90 Å². The van der Waals surface area contributed by atoms with E-state index in [4.69, 9.17) is 0 Å². The SMILES string of the molecule is CCC(=O)N1CCC2=CCCC=C21. The molecule has 1 fully saturated rings. The highest BCUT2D eigenvalue weighted by Crippen LogP contribution is 2.31. The second-order valence-electron chi connectivity index (χ2n) is 3.55. The molecule has 70 valence electrons. The maximum atomic E-state index is 11.5. The molecule has 0 aromatic carbocycles. The van der Waals surface area contributed by atoms with Gasteiger partial charge in [0.15, 0.2) is 0 Å². The van der Waals surface area contributed by atoms with E-state index in [-0.39, 0.29) is 5.91 Å². The van der Waals surface area contributed by atoms with Crippen molar-refractivity contribution in [2.24, 2.45) is 0 Å². The van der Waals surface area contributed by atoms with Gasteiger partial charge in [-0.15, -0.1) is 0 Å². The molecular formula is C11H15NO. The molecule has 0 aromatic heterocycles. The van der Waals surface area contributed by atoms with Gasteiger partial charge in [0.1, 0.15) is 0 Å². The van der Waals surface area contributed by atoms with Gasteiger partial charge in [0, 0.05) is 18.7 Å². The predicted molar refractivity (Wildman–Crippen MR) is 52.0 cm³/mol. The molecule has 0 bridgehead atoms. The molecule has 0 atom stereocenters. The standard InChI is InChI=1S/C11H15NO/c1-2-11(13)12-8-7-9-5-3-4-6-10(9)12/h5-6H,2-4,7-8H2,1H3. The quantitative estimate of drug-likeness (QED) is 0.601. The van der Waals surface area contributed by atoms with Crippen LogP contribution in [-0.2, 0) is 4.79 Å². The van der Waals surface area contributed by atoms with Gasteiger partial charge in [0.2, 0.25) is 5.91 Å². The van der Waals surface area contributed by atoms with E-state index in [1.165, 1.54) is 11.3 Å². The van der Waals surface area contributed by atoms with E-state index in [9.17, 15) is 4.79 Å². The van der Waals surface area contributed by atoms with Gasteiger partial charge < -0.3 is 4.90 Å². The molecule has 1 heterocycles. The van der Waals surface area contributed by atoms with Gasteiger partial charge in [0.05, 0.1) is 0 Å². The Morgan fingerprint density at radius 3 is 3.00 bits per heavy atom. The fraction of sp³-hybridized carbons (Fsp3) is 0.545. The predicted octanol–water partition coefficient (Wildman–Crippen LogP) is 2.23. The van der Waals surface area contributed by atoms with Crippen LogP contribution in [0.15, 0.2) is 23.4 Å². The highest BCUT2D eigenvalue weighted by atomic mass is 16.2. The summed E-state index contributed by atoms with van der Waals surface area (Å²) in [5, 5.41) is 0. The Kier molecular flexibility index (Phi) is 2.21. The molecule has 2 nitrogen and oxygen atoms in total. The average molecular weight is 177 g/mol. The van der Waals surface area contributed by atoms with Crippen molar-refractivity contribution in [3.8, 4) is 0 Å². The van der Waals surface area contributed by atoms with Gasteiger partial charge in [-0.3, -0.25) is 4.79 Å². The lowest BCUT2D eigenvalue weighted by molar-refractivity contribution is -0.128. The van der Waals surface area contributed by atoms with E-state index in [2.05, 4.69) is 12.2 Å². The summed E-state index contributed by atoms with van der Waals surface area (Å²) in [6, 6.07) is 0. The van der Waals surface area contributed by atoms with Crippen molar-refractivity contribution in [2.75, 3.05) is 6.54 Å². The number of nitrogens with zero attached hydrogens (tertiary/aromatic N) is 1. The third-order valence-electron chi connectivity index (χ3n) is 2.72. The average Bonchev–Trinajstić information content (AvgIpc) is 2.60. The normalized spacial score (nSPS) is 20.8. The fourth-order valence-electron chi connectivity index (χ4n) is 2.03. The Morgan fingerprint density at radius 2 is 2.23 bits per heavy atom. The number of rotatable bonds is 1. The number of hydrogen-bond donors (Lipinski definition) is 0. The van der Waals surface area contributed by atoms with E-state index in [0.717, 1.165) is 25.8 Å². The Labute approximate surface area is 78.9 Å². The van der Waals surface area contributed by atoms with E-state index in [0.29, 0.717) is 6.42 Å². The summed E-state index contributed by atoms with van der Waals surface area (Å²) < 4.78 is 0. The lowest BCUT2D eigenvalue weighted by Gasteiger charge is -2.18. The molecule has 13 heavy (non-hydrogen) atoms. The minimum absolute atomic E-state index is 0.261. The van der Waals surface area contributed by atoms with E-state index in [1.54, 1.807) is 0 Å². The monoisotopic (exact) mass is 177 g/mol. The maximum absolute atomic E-state index is 11.5. The van der Waals surface area contributed by atoms with Crippen molar-refractivity contribution in [2.45, 2.75) is 32.6 Å². The Hall–Kier alpha value is -1.05. The molecule has 1 aliphatic carbocycles. The maximum Gasteiger partial charge on any atom is 0.226 e. The summed E-state index contributed by atoms with van der Waals surface area (Å²) in [6.45, 7) is 2.82. The van der Waals surface area contributed by atoms with Gasteiger partial charge >= 0.3 is 0 Å². The third-order valence-corrected chi connectivity index (χ3v) is 2.72. The molecule has 0 saturated carbocycles. The van der Waals surface area contributed by atoms with Crippen LogP contribution in [0.25, 0.3) is 0 Å². The molecular weight excluding hydrogens is 162 g/mol. The molecule has 0 radical (unpaired) electrons. The molecule has 1 amide bonds. The van der Waals surface area contributed by atoms with Crippen molar-refractivity contribution < 1.29 is 4.79 Å². The van der Waals surface area contributed by atoms with Gasteiger partial charge in [-0.25, -0.2) is 0 Å². The number of likely N-dealkylation sites (tertiary alicyclic amines) is 1. The van der Waals surface area contributed by atoms with Crippen LogP contribution in [0, 0.1) is 0 Å². The molecule has 2 aliphatic rings. The summed E-state index contributed by atoms with van der Waals surface area (Å²) in [7, 11) is 0. The summed E-state index contributed by atoms with van der Waals surface area (Å²) in [5.41, 5.74) is 2.58. The lowest BCUT2D eigenvalue weighted by Crippen LogP contribution is -2.25. The van der Waals surface area contributed by atoms with Crippen molar-refractivity contribution >= 4 is 5.91 Å². The number of carbonyl (C=O) groups excluding carboxylic acids is 1. The zero-order valence-electron chi connectivity index (χ0n) is 8.05. The fourth-order valence-corrected chi connectivity index (χ4v) is 2.03. The van der Waals surface area contributed by atoms with Crippen LogP contribution in [0.1, 0.15) is 32.6 Å². The molecule has 0 N–H and O–H groups in total.